The van der Waals surface area contributed by atoms with Gasteiger partial charge in [0.2, 0.25) is 0 Å². The van der Waals surface area contributed by atoms with Gasteiger partial charge in [0.05, 0.1) is 0 Å². The molecule has 0 fully saturated rings. The van der Waals surface area contributed by atoms with Crippen LogP contribution in [0.3, 0.4) is 0 Å². The number of rotatable bonds is 2. The van der Waals surface area contributed by atoms with Crippen molar-refractivity contribution in [3.63, 3.8) is 0 Å². The van der Waals surface area contributed by atoms with Crippen molar-refractivity contribution in [2.75, 3.05) is 0 Å². The molecular formula is C15H17Cl3Ti. The van der Waals surface area contributed by atoms with Crippen LogP contribution >= 0.6 is 0 Å². The second-order valence-corrected chi connectivity index (χ2v) is 4.33. The standard InChI is InChI=1S/C15H17.3ClH.Ti/c1-11-8-9-12(2)15(13(11)3)10-14-6-4-5-7-14;;;;/h4-5,8-9H,6,10H2,1-3H3;3*1H;/q-1;;;;+4/p-3. The van der Waals surface area contributed by atoms with Gasteiger partial charge in [-0.15, -0.1) is 0 Å². The maximum atomic E-state index is 3.32. The van der Waals surface area contributed by atoms with Gasteiger partial charge in [-0.2, -0.15) is 5.57 Å². The Balaban J connectivity index is -0.000000640. The van der Waals surface area contributed by atoms with E-state index in [-0.39, 0.29) is 58.9 Å². The normalized spacial score (nSPS) is 11.4. The molecule has 0 saturated carbocycles. The van der Waals surface area contributed by atoms with E-state index in [4.69, 9.17) is 0 Å². The fourth-order valence-corrected chi connectivity index (χ4v) is 2.05. The molecule has 0 heterocycles. The topological polar surface area (TPSA) is 0 Å². The van der Waals surface area contributed by atoms with Crippen molar-refractivity contribution in [1.29, 1.82) is 0 Å². The van der Waals surface area contributed by atoms with Gasteiger partial charge in [-0.25, -0.2) is 12.2 Å². The summed E-state index contributed by atoms with van der Waals surface area (Å²) in [6.07, 6.45) is 9.67. The number of hydrogen-bond donors (Lipinski definition) is 0. The van der Waals surface area contributed by atoms with Crippen LogP contribution in [0.5, 0.6) is 0 Å². The summed E-state index contributed by atoms with van der Waals surface area (Å²) in [7, 11) is 0. The molecule has 0 aromatic heterocycles. The van der Waals surface area contributed by atoms with Crippen LogP contribution in [-0.2, 0) is 28.1 Å². The molecule has 4 heteroatoms. The largest absolute Gasteiger partial charge is 4.00 e. The summed E-state index contributed by atoms with van der Waals surface area (Å²) in [5.74, 6) is 0. The smallest absolute Gasteiger partial charge is 1.00 e. The third-order valence-electron chi connectivity index (χ3n) is 3.26. The van der Waals surface area contributed by atoms with Gasteiger partial charge in [0.25, 0.3) is 0 Å². The molecule has 0 N–H and O–H groups in total. The first-order chi connectivity index (χ1) is 7.18. The predicted molar refractivity (Wildman–Crippen MR) is 64.9 cm³/mol. The zero-order chi connectivity index (χ0) is 10.8. The fraction of sp³-hybridized carbons (Fsp3) is 0.333. The van der Waals surface area contributed by atoms with Crippen molar-refractivity contribution < 1.29 is 58.9 Å². The van der Waals surface area contributed by atoms with Crippen LogP contribution in [-0.4, -0.2) is 0 Å². The van der Waals surface area contributed by atoms with Gasteiger partial charge in [-0.1, -0.05) is 18.6 Å². The second-order valence-electron chi connectivity index (χ2n) is 4.33. The van der Waals surface area contributed by atoms with Gasteiger partial charge >= 0.3 is 21.7 Å². The molecule has 0 bridgehead atoms. The molecule has 0 radical (unpaired) electrons. The van der Waals surface area contributed by atoms with E-state index in [9.17, 15) is 0 Å². The van der Waals surface area contributed by atoms with Gasteiger partial charge in [-0.05, 0) is 49.4 Å². The summed E-state index contributed by atoms with van der Waals surface area (Å²) >= 11 is 0. The van der Waals surface area contributed by atoms with E-state index in [0.29, 0.717) is 0 Å². The molecule has 1 aliphatic rings. The molecule has 19 heavy (non-hydrogen) atoms. The van der Waals surface area contributed by atoms with E-state index in [1.807, 2.05) is 6.08 Å². The summed E-state index contributed by atoms with van der Waals surface area (Å²) in [4.78, 5) is 0. The van der Waals surface area contributed by atoms with Crippen LogP contribution in [0.15, 0.2) is 29.9 Å². The van der Waals surface area contributed by atoms with E-state index in [1.165, 1.54) is 27.8 Å². The van der Waals surface area contributed by atoms with E-state index in [0.717, 1.165) is 12.8 Å². The Kier molecular flexibility index (Phi) is 14.1. The minimum atomic E-state index is 0. The molecule has 0 atom stereocenters. The van der Waals surface area contributed by atoms with Crippen molar-refractivity contribution in [2.45, 2.75) is 33.6 Å². The molecule has 0 saturated heterocycles. The Labute approximate surface area is 150 Å². The Morgan fingerprint density at radius 3 is 2.11 bits per heavy atom. The molecule has 2 rings (SSSR count). The average Bonchev–Trinajstić information content (AvgIpc) is 2.71. The van der Waals surface area contributed by atoms with Crippen LogP contribution in [0, 0.1) is 26.8 Å². The van der Waals surface area contributed by atoms with Gasteiger partial charge in [0.15, 0.2) is 0 Å². The van der Waals surface area contributed by atoms with E-state index >= 15 is 0 Å². The second kappa shape index (κ2) is 11.0. The molecule has 1 aromatic carbocycles. The van der Waals surface area contributed by atoms with Crippen molar-refractivity contribution in [3.8, 4) is 0 Å². The number of benzene rings is 1. The van der Waals surface area contributed by atoms with Gasteiger partial charge in [0.1, 0.15) is 0 Å². The summed E-state index contributed by atoms with van der Waals surface area (Å²) < 4.78 is 0. The number of aryl methyl sites for hydroxylation is 2. The third-order valence-corrected chi connectivity index (χ3v) is 3.26. The number of allylic oxidation sites excluding steroid dienone is 4. The Morgan fingerprint density at radius 1 is 1.00 bits per heavy atom. The minimum Gasteiger partial charge on any atom is -1.00 e. The van der Waals surface area contributed by atoms with Crippen molar-refractivity contribution in [1.82, 2.24) is 0 Å². The van der Waals surface area contributed by atoms with Gasteiger partial charge in [-0.3, -0.25) is 6.08 Å². The first-order valence-corrected chi connectivity index (χ1v) is 5.50. The van der Waals surface area contributed by atoms with Crippen molar-refractivity contribution in [2.24, 2.45) is 0 Å². The van der Waals surface area contributed by atoms with Crippen LogP contribution in [0.2, 0.25) is 0 Å². The third kappa shape index (κ3) is 6.06. The van der Waals surface area contributed by atoms with Crippen LogP contribution in [0.4, 0.5) is 0 Å². The molecule has 1 aliphatic carbocycles. The molecular weight excluding hydrogens is 334 g/mol. The first-order valence-electron chi connectivity index (χ1n) is 5.50. The summed E-state index contributed by atoms with van der Waals surface area (Å²) in [5.41, 5.74) is 7.13. The SMILES string of the molecule is Cc1ccc(C)c(CC2=[C-]C=CC2)c1C.[Cl-].[Cl-].[Cl-].[Ti+4]. The maximum absolute atomic E-state index is 3.32. The van der Waals surface area contributed by atoms with E-state index in [2.05, 4.69) is 45.1 Å². The van der Waals surface area contributed by atoms with Gasteiger partial charge < -0.3 is 37.2 Å². The molecule has 1 aromatic rings. The van der Waals surface area contributed by atoms with Crippen LogP contribution in [0.1, 0.15) is 28.7 Å². The van der Waals surface area contributed by atoms with Crippen molar-refractivity contribution in [3.05, 3.63) is 58.2 Å². The Hall–Kier alpha value is 0.284. The van der Waals surface area contributed by atoms with Crippen LogP contribution in [0.25, 0.3) is 0 Å². The predicted octanol–water partition coefficient (Wildman–Crippen LogP) is -5.15. The Morgan fingerprint density at radius 2 is 1.58 bits per heavy atom. The van der Waals surface area contributed by atoms with E-state index in [1.54, 1.807) is 0 Å². The quantitative estimate of drug-likeness (QED) is 0.369. The number of hydrogen-bond acceptors (Lipinski definition) is 0. The number of halogens is 3. The molecule has 0 nitrogen and oxygen atoms in total. The average molecular weight is 352 g/mol. The molecule has 0 unspecified atom stereocenters. The fourth-order valence-electron chi connectivity index (χ4n) is 2.05. The summed E-state index contributed by atoms with van der Waals surface area (Å²) in [6.45, 7) is 6.61. The summed E-state index contributed by atoms with van der Waals surface area (Å²) in [5, 5.41) is 0. The molecule has 0 spiro atoms. The minimum absolute atomic E-state index is 0. The monoisotopic (exact) mass is 350 g/mol. The Bertz CT molecular complexity index is 451. The summed E-state index contributed by atoms with van der Waals surface area (Å²) in [6, 6.07) is 4.43. The van der Waals surface area contributed by atoms with Gasteiger partial charge in [0, 0.05) is 0 Å². The molecule has 0 aliphatic heterocycles. The zero-order valence-corrected chi connectivity index (χ0v) is 15.2. The molecule has 0 amide bonds. The zero-order valence-electron chi connectivity index (χ0n) is 11.4. The van der Waals surface area contributed by atoms with E-state index < -0.39 is 0 Å². The first kappa shape index (κ1) is 24.3. The maximum Gasteiger partial charge on any atom is 4.00 e. The van der Waals surface area contributed by atoms with Crippen molar-refractivity contribution >= 4 is 0 Å². The molecule has 102 valence electrons. The van der Waals surface area contributed by atoms with Crippen LogP contribution < -0.4 is 37.2 Å².